The highest BCUT2D eigenvalue weighted by Crippen LogP contribution is 2.24. The van der Waals surface area contributed by atoms with E-state index in [1.54, 1.807) is 11.5 Å². The number of benzene rings is 1. The molecule has 0 atom stereocenters. The van der Waals surface area contributed by atoms with E-state index >= 15 is 0 Å². The van der Waals surface area contributed by atoms with Crippen molar-refractivity contribution in [2.24, 2.45) is 0 Å². The van der Waals surface area contributed by atoms with Gasteiger partial charge in [0.05, 0.1) is 27.7 Å². The fourth-order valence-electron chi connectivity index (χ4n) is 1.90. The van der Waals surface area contributed by atoms with E-state index in [0.29, 0.717) is 16.9 Å². The number of aryl methyl sites for hydroxylation is 1. The van der Waals surface area contributed by atoms with Crippen LogP contribution in [0.5, 0.6) is 0 Å². The number of imidazole rings is 1. The van der Waals surface area contributed by atoms with Gasteiger partial charge in [-0.25, -0.2) is 17.8 Å². The van der Waals surface area contributed by atoms with Gasteiger partial charge in [-0.3, -0.25) is 0 Å². The lowest BCUT2D eigenvalue weighted by Crippen LogP contribution is -2.15. The first-order chi connectivity index (χ1) is 9.38. The quantitative estimate of drug-likeness (QED) is 0.787. The third-order valence-corrected chi connectivity index (χ3v) is 5.27. The molecule has 0 aliphatic carbocycles. The minimum atomic E-state index is -3.12. The van der Waals surface area contributed by atoms with Gasteiger partial charge >= 0.3 is 0 Å². The summed E-state index contributed by atoms with van der Waals surface area (Å²) in [6.07, 6.45) is 0. The molecule has 0 N–H and O–H groups in total. The van der Waals surface area contributed by atoms with Gasteiger partial charge in [0, 0.05) is 18.4 Å². The SMILES string of the molecule is CCS(=O)(=O)CCn1c(CCl)nc2cc(Cl)c(F)cc21. The number of aromatic nitrogens is 2. The number of fused-ring (bicyclic) bond motifs is 1. The van der Waals surface area contributed by atoms with Crippen LogP contribution in [0.25, 0.3) is 11.0 Å². The second-order valence-electron chi connectivity index (χ2n) is 4.30. The topological polar surface area (TPSA) is 52.0 Å². The summed E-state index contributed by atoms with van der Waals surface area (Å²) >= 11 is 11.5. The predicted octanol–water partition coefficient (Wildman–Crippen LogP) is 3.00. The maximum Gasteiger partial charge on any atom is 0.151 e. The van der Waals surface area contributed by atoms with Gasteiger partial charge in [-0.15, -0.1) is 11.6 Å². The average molecular weight is 339 g/mol. The van der Waals surface area contributed by atoms with Crippen LogP contribution < -0.4 is 0 Å². The van der Waals surface area contributed by atoms with E-state index in [9.17, 15) is 12.8 Å². The largest absolute Gasteiger partial charge is 0.326 e. The Kier molecular flexibility index (Phi) is 4.56. The van der Waals surface area contributed by atoms with Gasteiger partial charge < -0.3 is 4.57 Å². The summed E-state index contributed by atoms with van der Waals surface area (Å²) in [5, 5.41) is -0.0237. The molecular weight excluding hydrogens is 326 g/mol. The van der Waals surface area contributed by atoms with Crippen LogP contribution in [0.4, 0.5) is 4.39 Å². The van der Waals surface area contributed by atoms with Crippen molar-refractivity contribution in [1.29, 1.82) is 0 Å². The van der Waals surface area contributed by atoms with Crippen molar-refractivity contribution in [3.05, 3.63) is 28.8 Å². The highest BCUT2D eigenvalue weighted by atomic mass is 35.5. The minimum absolute atomic E-state index is 0.0237. The second kappa shape index (κ2) is 5.87. The first-order valence-corrected chi connectivity index (χ1v) is 8.72. The van der Waals surface area contributed by atoms with Crippen molar-refractivity contribution in [3.63, 3.8) is 0 Å². The highest BCUT2D eigenvalue weighted by molar-refractivity contribution is 7.91. The van der Waals surface area contributed by atoms with Crippen LogP contribution >= 0.6 is 23.2 Å². The summed E-state index contributed by atoms with van der Waals surface area (Å²) in [6.45, 7) is 1.78. The monoisotopic (exact) mass is 338 g/mol. The van der Waals surface area contributed by atoms with Crippen molar-refractivity contribution >= 4 is 44.1 Å². The minimum Gasteiger partial charge on any atom is -0.326 e. The molecule has 0 radical (unpaired) electrons. The molecule has 20 heavy (non-hydrogen) atoms. The second-order valence-corrected chi connectivity index (χ2v) is 7.45. The molecule has 2 rings (SSSR count). The molecule has 110 valence electrons. The van der Waals surface area contributed by atoms with Crippen LogP contribution in [-0.2, 0) is 22.3 Å². The van der Waals surface area contributed by atoms with E-state index in [4.69, 9.17) is 23.2 Å². The van der Waals surface area contributed by atoms with E-state index in [-0.39, 0.29) is 29.0 Å². The third kappa shape index (κ3) is 3.07. The Hall–Kier alpha value is -0.850. The van der Waals surface area contributed by atoms with Crippen molar-refractivity contribution in [3.8, 4) is 0 Å². The van der Waals surface area contributed by atoms with Crippen molar-refractivity contribution in [1.82, 2.24) is 9.55 Å². The summed E-state index contributed by atoms with van der Waals surface area (Å²) < 4.78 is 38.4. The van der Waals surface area contributed by atoms with Crippen LogP contribution in [-0.4, -0.2) is 29.5 Å². The van der Waals surface area contributed by atoms with Crippen molar-refractivity contribution in [2.75, 3.05) is 11.5 Å². The van der Waals surface area contributed by atoms with E-state index in [0.717, 1.165) is 0 Å². The fraction of sp³-hybridized carbons (Fsp3) is 0.417. The summed E-state index contributed by atoms with van der Waals surface area (Å²) in [5.74, 6) is 0.0635. The van der Waals surface area contributed by atoms with E-state index in [2.05, 4.69) is 4.98 Å². The number of hydrogen-bond donors (Lipinski definition) is 0. The molecule has 0 spiro atoms. The zero-order valence-corrected chi connectivity index (χ0v) is 13.1. The molecule has 0 saturated heterocycles. The Morgan fingerprint density at radius 3 is 2.70 bits per heavy atom. The van der Waals surface area contributed by atoms with Gasteiger partial charge in [0.15, 0.2) is 9.84 Å². The molecule has 0 amide bonds. The van der Waals surface area contributed by atoms with Crippen LogP contribution in [0.15, 0.2) is 12.1 Å². The maximum atomic E-state index is 13.6. The predicted molar refractivity (Wildman–Crippen MR) is 78.6 cm³/mol. The number of nitrogens with zero attached hydrogens (tertiary/aromatic N) is 2. The van der Waals surface area contributed by atoms with Gasteiger partial charge in [0.1, 0.15) is 11.6 Å². The Morgan fingerprint density at radius 2 is 2.10 bits per heavy atom. The first-order valence-electron chi connectivity index (χ1n) is 5.98. The van der Waals surface area contributed by atoms with Gasteiger partial charge in [0.25, 0.3) is 0 Å². The van der Waals surface area contributed by atoms with Crippen molar-refractivity contribution in [2.45, 2.75) is 19.3 Å². The number of alkyl halides is 1. The molecule has 4 nitrogen and oxygen atoms in total. The Morgan fingerprint density at radius 1 is 1.40 bits per heavy atom. The molecule has 2 aromatic rings. The third-order valence-electron chi connectivity index (χ3n) is 3.05. The smallest absolute Gasteiger partial charge is 0.151 e. The summed E-state index contributed by atoms with van der Waals surface area (Å²) in [6, 6.07) is 2.66. The number of rotatable bonds is 5. The average Bonchev–Trinajstić information content (AvgIpc) is 2.74. The standard InChI is InChI=1S/C12H13Cl2FN2O2S/c1-2-20(18,19)4-3-17-11-6-9(15)8(14)5-10(11)16-12(17)7-13/h5-6H,2-4,7H2,1H3. The first kappa shape index (κ1) is 15.5. The van der Waals surface area contributed by atoms with Crippen LogP contribution in [0.2, 0.25) is 5.02 Å². The lowest BCUT2D eigenvalue weighted by atomic mass is 10.3. The molecule has 0 fully saturated rings. The molecule has 0 aliphatic heterocycles. The number of hydrogen-bond acceptors (Lipinski definition) is 3. The van der Waals surface area contributed by atoms with Gasteiger partial charge in [-0.1, -0.05) is 18.5 Å². The fourth-order valence-corrected chi connectivity index (χ4v) is 3.01. The molecule has 0 saturated carbocycles. The summed E-state index contributed by atoms with van der Waals surface area (Å²) in [7, 11) is -3.12. The van der Waals surface area contributed by atoms with Gasteiger partial charge in [-0.05, 0) is 6.07 Å². The van der Waals surface area contributed by atoms with Gasteiger partial charge in [0.2, 0.25) is 0 Å². The van der Waals surface area contributed by atoms with Crippen LogP contribution in [0.3, 0.4) is 0 Å². The molecule has 8 heteroatoms. The van der Waals surface area contributed by atoms with Crippen LogP contribution in [0.1, 0.15) is 12.7 Å². The normalized spacial score (nSPS) is 12.2. The number of halogens is 3. The molecule has 1 heterocycles. The Labute approximate surface area is 126 Å². The summed E-state index contributed by atoms with van der Waals surface area (Å²) in [5.41, 5.74) is 0.995. The zero-order valence-electron chi connectivity index (χ0n) is 10.7. The van der Waals surface area contributed by atoms with Gasteiger partial charge in [-0.2, -0.15) is 0 Å². The molecule has 0 bridgehead atoms. The lowest BCUT2D eigenvalue weighted by Gasteiger charge is -2.08. The van der Waals surface area contributed by atoms with E-state index < -0.39 is 15.7 Å². The van der Waals surface area contributed by atoms with E-state index in [1.165, 1.54) is 12.1 Å². The maximum absolute atomic E-state index is 13.6. The molecule has 1 aromatic heterocycles. The molecule has 1 aromatic carbocycles. The summed E-state index contributed by atoms with van der Waals surface area (Å²) in [4.78, 5) is 4.24. The lowest BCUT2D eigenvalue weighted by molar-refractivity contribution is 0.589. The molecular formula is C12H13Cl2FN2O2S. The van der Waals surface area contributed by atoms with Crippen molar-refractivity contribution < 1.29 is 12.8 Å². The zero-order chi connectivity index (χ0) is 14.9. The van der Waals surface area contributed by atoms with E-state index in [1.807, 2.05) is 0 Å². The number of sulfone groups is 1. The molecule has 0 unspecified atom stereocenters. The Balaban J connectivity index is 2.48. The van der Waals surface area contributed by atoms with Crippen LogP contribution in [0, 0.1) is 5.82 Å². The highest BCUT2D eigenvalue weighted by Gasteiger charge is 2.15. The molecule has 0 aliphatic rings. The Bertz CT molecular complexity index is 743.